The molecule has 0 radical (unpaired) electrons. The third kappa shape index (κ3) is 2.47. The topological polar surface area (TPSA) is 54.5 Å². The smallest absolute Gasteiger partial charge is 0.235 e. The number of carbonyl (C=O) groups excluding carboxylic acids is 3. The lowest BCUT2D eigenvalue weighted by Crippen LogP contribution is -2.39. The average Bonchev–Trinajstić information content (AvgIpc) is 2.52. The Labute approximate surface area is 108 Å². The van der Waals surface area contributed by atoms with Crippen molar-refractivity contribution in [2.24, 2.45) is 11.3 Å². The summed E-state index contributed by atoms with van der Waals surface area (Å²) in [6, 6.07) is 0. The van der Waals surface area contributed by atoms with Crippen LogP contribution in [-0.4, -0.2) is 29.0 Å². The van der Waals surface area contributed by atoms with Crippen LogP contribution in [0.4, 0.5) is 0 Å². The Morgan fingerprint density at radius 3 is 2.33 bits per heavy atom. The fourth-order valence-electron chi connectivity index (χ4n) is 2.90. The van der Waals surface area contributed by atoms with Gasteiger partial charge >= 0.3 is 0 Å². The number of ketones is 1. The third-order valence-corrected chi connectivity index (χ3v) is 4.09. The van der Waals surface area contributed by atoms with Crippen LogP contribution in [0.1, 0.15) is 52.4 Å². The first kappa shape index (κ1) is 13.2. The zero-order valence-corrected chi connectivity index (χ0v) is 11.2. The van der Waals surface area contributed by atoms with E-state index in [0.29, 0.717) is 0 Å². The lowest BCUT2D eigenvalue weighted by molar-refractivity contribution is -0.144. The van der Waals surface area contributed by atoms with Crippen LogP contribution in [0.25, 0.3) is 0 Å². The molecule has 0 spiro atoms. The molecule has 1 aliphatic carbocycles. The number of Topliss-reactive ketones (excluding diaryl/α,β-unsaturated/α-hetero) is 1. The third-order valence-electron chi connectivity index (χ3n) is 4.09. The summed E-state index contributed by atoms with van der Waals surface area (Å²) in [6.07, 6.45) is 5.42. The standard InChI is InChI=1S/C14H21NO3/c1-14(2)8-12(17)15(13(14)18)9-11(16)10-6-4-3-5-7-10/h10H,3-9H2,1-2H3. The second-order valence-corrected chi connectivity index (χ2v) is 6.15. The SMILES string of the molecule is CC1(C)CC(=O)N(CC(=O)C2CCCCC2)C1=O. The van der Waals surface area contributed by atoms with Crippen molar-refractivity contribution in [2.45, 2.75) is 52.4 Å². The van der Waals surface area contributed by atoms with Gasteiger partial charge in [-0.1, -0.05) is 33.1 Å². The quantitative estimate of drug-likeness (QED) is 0.720. The molecule has 4 nitrogen and oxygen atoms in total. The van der Waals surface area contributed by atoms with Crippen LogP contribution in [-0.2, 0) is 14.4 Å². The summed E-state index contributed by atoms with van der Waals surface area (Å²) in [5.41, 5.74) is -0.635. The van der Waals surface area contributed by atoms with E-state index in [1.54, 1.807) is 13.8 Å². The molecule has 100 valence electrons. The maximum absolute atomic E-state index is 12.1. The maximum Gasteiger partial charge on any atom is 0.235 e. The summed E-state index contributed by atoms with van der Waals surface area (Å²) in [7, 11) is 0. The van der Waals surface area contributed by atoms with Crippen molar-refractivity contribution in [3.05, 3.63) is 0 Å². The first-order valence-electron chi connectivity index (χ1n) is 6.79. The van der Waals surface area contributed by atoms with E-state index in [0.717, 1.165) is 30.6 Å². The van der Waals surface area contributed by atoms with E-state index < -0.39 is 5.41 Å². The second-order valence-electron chi connectivity index (χ2n) is 6.15. The van der Waals surface area contributed by atoms with Crippen molar-refractivity contribution < 1.29 is 14.4 Å². The van der Waals surface area contributed by atoms with Crippen LogP contribution in [0.5, 0.6) is 0 Å². The second kappa shape index (κ2) is 4.82. The normalized spacial score (nSPS) is 24.7. The number of nitrogens with zero attached hydrogens (tertiary/aromatic N) is 1. The molecule has 2 amide bonds. The molecule has 1 saturated carbocycles. The van der Waals surface area contributed by atoms with Crippen molar-refractivity contribution in [3.63, 3.8) is 0 Å². The highest BCUT2D eigenvalue weighted by molar-refractivity contribution is 6.07. The molecule has 0 atom stereocenters. The van der Waals surface area contributed by atoms with Gasteiger partial charge in [-0.2, -0.15) is 0 Å². The largest absolute Gasteiger partial charge is 0.297 e. The molecule has 4 heteroatoms. The van der Waals surface area contributed by atoms with Crippen LogP contribution >= 0.6 is 0 Å². The molecule has 2 rings (SSSR count). The summed E-state index contributed by atoms with van der Waals surface area (Å²) in [6.45, 7) is 3.52. The van der Waals surface area contributed by atoms with Gasteiger partial charge in [-0.25, -0.2) is 0 Å². The Kier molecular flexibility index (Phi) is 3.55. The van der Waals surface area contributed by atoms with Crippen molar-refractivity contribution in [1.82, 2.24) is 4.90 Å². The van der Waals surface area contributed by atoms with Gasteiger partial charge in [0.1, 0.15) is 0 Å². The van der Waals surface area contributed by atoms with E-state index >= 15 is 0 Å². The molecular weight excluding hydrogens is 230 g/mol. The lowest BCUT2D eigenvalue weighted by atomic mass is 9.86. The highest BCUT2D eigenvalue weighted by Gasteiger charge is 2.45. The van der Waals surface area contributed by atoms with Gasteiger partial charge in [-0.3, -0.25) is 19.3 Å². The number of carbonyl (C=O) groups is 3. The Morgan fingerprint density at radius 1 is 1.22 bits per heavy atom. The van der Waals surface area contributed by atoms with Gasteiger partial charge in [-0.15, -0.1) is 0 Å². The van der Waals surface area contributed by atoms with Crippen molar-refractivity contribution >= 4 is 17.6 Å². The number of hydrogen-bond donors (Lipinski definition) is 0. The molecule has 0 aromatic rings. The van der Waals surface area contributed by atoms with E-state index in [4.69, 9.17) is 0 Å². The zero-order chi connectivity index (χ0) is 13.3. The summed E-state index contributed by atoms with van der Waals surface area (Å²) in [4.78, 5) is 37.1. The van der Waals surface area contributed by atoms with E-state index in [1.807, 2.05) is 0 Å². The van der Waals surface area contributed by atoms with Crippen LogP contribution in [0, 0.1) is 11.3 Å². The molecule has 0 aromatic heterocycles. The van der Waals surface area contributed by atoms with Crippen LogP contribution in [0.15, 0.2) is 0 Å². The highest BCUT2D eigenvalue weighted by atomic mass is 16.2. The fourth-order valence-corrected chi connectivity index (χ4v) is 2.90. The Hall–Kier alpha value is -1.19. The molecule has 0 aromatic carbocycles. The van der Waals surface area contributed by atoms with Gasteiger partial charge in [0.05, 0.1) is 12.0 Å². The molecule has 1 aliphatic heterocycles. The van der Waals surface area contributed by atoms with Gasteiger partial charge in [0, 0.05) is 12.3 Å². The highest BCUT2D eigenvalue weighted by Crippen LogP contribution is 2.32. The molecule has 2 aliphatic rings. The molecule has 0 unspecified atom stereocenters. The average molecular weight is 251 g/mol. The van der Waals surface area contributed by atoms with Gasteiger partial charge in [0.2, 0.25) is 11.8 Å². The minimum absolute atomic E-state index is 0.00817. The molecule has 1 heterocycles. The predicted molar refractivity (Wildman–Crippen MR) is 66.7 cm³/mol. The van der Waals surface area contributed by atoms with E-state index in [1.165, 1.54) is 6.42 Å². The van der Waals surface area contributed by atoms with Gasteiger partial charge in [0.15, 0.2) is 5.78 Å². The van der Waals surface area contributed by atoms with Crippen LogP contribution < -0.4 is 0 Å². The molecule has 2 fully saturated rings. The first-order chi connectivity index (χ1) is 8.42. The van der Waals surface area contributed by atoms with E-state index in [9.17, 15) is 14.4 Å². The van der Waals surface area contributed by atoms with Crippen molar-refractivity contribution in [3.8, 4) is 0 Å². The maximum atomic E-state index is 12.1. The predicted octanol–water partition coefficient (Wildman–Crippen LogP) is 1.92. The molecular formula is C14H21NO3. The van der Waals surface area contributed by atoms with Crippen molar-refractivity contribution in [2.75, 3.05) is 6.54 Å². The fraction of sp³-hybridized carbons (Fsp3) is 0.786. The molecule has 18 heavy (non-hydrogen) atoms. The number of hydrogen-bond acceptors (Lipinski definition) is 3. The number of likely N-dealkylation sites (tertiary alicyclic amines) is 1. The van der Waals surface area contributed by atoms with Gasteiger partial charge in [0.25, 0.3) is 0 Å². The lowest BCUT2D eigenvalue weighted by Gasteiger charge is -2.23. The van der Waals surface area contributed by atoms with Crippen molar-refractivity contribution in [1.29, 1.82) is 0 Å². The monoisotopic (exact) mass is 251 g/mol. The summed E-state index contributed by atoms with van der Waals surface area (Å²) in [5.74, 6) is -0.275. The zero-order valence-electron chi connectivity index (χ0n) is 11.2. The Bertz CT molecular complexity index is 381. The number of amides is 2. The minimum Gasteiger partial charge on any atom is -0.297 e. The number of rotatable bonds is 3. The summed E-state index contributed by atoms with van der Waals surface area (Å²) < 4.78 is 0. The Balaban J connectivity index is 1.99. The first-order valence-corrected chi connectivity index (χ1v) is 6.79. The summed E-state index contributed by atoms with van der Waals surface area (Å²) in [5, 5.41) is 0. The Morgan fingerprint density at radius 2 is 1.83 bits per heavy atom. The summed E-state index contributed by atoms with van der Waals surface area (Å²) >= 11 is 0. The number of imide groups is 1. The molecule has 1 saturated heterocycles. The van der Waals surface area contributed by atoms with E-state index in [2.05, 4.69) is 0 Å². The van der Waals surface area contributed by atoms with Crippen LogP contribution in [0.3, 0.4) is 0 Å². The van der Waals surface area contributed by atoms with Gasteiger partial charge < -0.3 is 0 Å². The minimum atomic E-state index is -0.635. The van der Waals surface area contributed by atoms with Crippen LogP contribution in [0.2, 0.25) is 0 Å². The molecule has 0 N–H and O–H groups in total. The molecule has 0 bridgehead atoms. The van der Waals surface area contributed by atoms with E-state index in [-0.39, 0.29) is 36.5 Å². The van der Waals surface area contributed by atoms with Gasteiger partial charge in [-0.05, 0) is 12.8 Å².